The standard InChI is InChI=1S/C41H26N2S/c1-3-11-27(12-4-1)36-25-31(26-37(42-36)28-13-5-2-6-14-28)43-38-17-9-7-15-32(38)34-23-29(19-21-39(34)43)30-20-22-41-35(24-30)33-16-8-10-18-40(33)44-41/h1-26H. The first-order valence-corrected chi connectivity index (χ1v) is 15.7. The van der Waals surface area contributed by atoms with Gasteiger partial charge in [-0.05, 0) is 59.7 Å². The number of aromatic nitrogens is 2. The van der Waals surface area contributed by atoms with E-state index >= 15 is 0 Å². The van der Waals surface area contributed by atoms with E-state index in [0.717, 1.165) is 28.2 Å². The quantitative estimate of drug-likeness (QED) is 0.203. The van der Waals surface area contributed by atoms with Gasteiger partial charge in [0.1, 0.15) is 0 Å². The van der Waals surface area contributed by atoms with Gasteiger partial charge in [0.15, 0.2) is 0 Å². The van der Waals surface area contributed by atoms with Gasteiger partial charge in [0.2, 0.25) is 0 Å². The van der Waals surface area contributed by atoms with E-state index in [-0.39, 0.29) is 0 Å². The largest absolute Gasteiger partial charge is 0.309 e. The third-order valence-corrected chi connectivity index (χ3v) is 9.74. The lowest BCUT2D eigenvalue weighted by atomic mass is 10.0. The summed E-state index contributed by atoms with van der Waals surface area (Å²) >= 11 is 1.86. The minimum Gasteiger partial charge on any atom is -0.309 e. The van der Waals surface area contributed by atoms with Gasteiger partial charge in [-0.1, -0.05) is 109 Å². The third kappa shape index (κ3) is 4.05. The number of pyridine rings is 1. The van der Waals surface area contributed by atoms with E-state index < -0.39 is 0 Å². The third-order valence-electron chi connectivity index (χ3n) is 8.59. The minimum atomic E-state index is 0.959. The molecule has 44 heavy (non-hydrogen) atoms. The molecule has 0 unspecified atom stereocenters. The van der Waals surface area contributed by atoms with Gasteiger partial charge in [-0.15, -0.1) is 11.3 Å². The predicted octanol–water partition coefficient (Wildman–Crippen LogP) is 11.5. The molecule has 0 N–H and O–H groups in total. The Kier molecular flexibility index (Phi) is 5.71. The molecule has 0 aliphatic carbocycles. The van der Waals surface area contributed by atoms with E-state index in [2.05, 4.69) is 162 Å². The molecule has 9 rings (SSSR count). The number of benzene rings is 6. The maximum absolute atomic E-state index is 5.13. The van der Waals surface area contributed by atoms with Crippen molar-refractivity contribution in [2.45, 2.75) is 0 Å². The van der Waals surface area contributed by atoms with Gasteiger partial charge >= 0.3 is 0 Å². The zero-order valence-electron chi connectivity index (χ0n) is 23.8. The van der Waals surface area contributed by atoms with Crippen LogP contribution in [-0.2, 0) is 0 Å². The Morgan fingerprint density at radius 2 is 0.932 bits per heavy atom. The highest BCUT2D eigenvalue weighted by atomic mass is 32.1. The summed E-state index contributed by atoms with van der Waals surface area (Å²) in [6, 6.07) is 56.6. The molecular weight excluding hydrogens is 553 g/mol. The van der Waals surface area contributed by atoms with Crippen LogP contribution in [0.5, 0.6) is 0 Å². The lowest BCUT2D eigenvalue weighted by Gasteiger charge is -2.13. The first-order valence-electron chi connectivity index (χ1n) is 14.9. The van der Waals surface area contributed by atoms with Crippen molar-refractivity contribution < 1.29 is 0 Å². The van der Waals surface area contributed by atoms with Gasteiger partial charge in [-0.2, -0.15) is 0 Å². The van der Waals surface area contributed by atoms with Crippen molar-refractivity contribution >= 4 is 53.3 Å². The van der Waals surface area contributed by atoms with E-state index in [9.17, 15) is 0 Å². The van der Waals surface area contributed by atoms with E-state index in [1.807, 2.05) is 11.3 Å². The first kappa shape index (κ1) is 25.0. The van der Waals surface area contributed by atoms with Crippen LogP contribution in [-0.4, -0.2) is 9.55 Å². The summed E-state index contributed by atoms with van der Waals surface area (Å²) in [6.45, 7) is 0. The van der Waals surface area contributed by atoms with Crippen molar-refractivity contribution in [3.05, 3.63) is 158 Å². The second-order valence-electron chi connectivity index (χ2n) is 11.2. The number of hydrogen-bond acceptors (Lipinski definition) is 2. The molecule has 0 aliphatic rings. The first-order chi connectivity index (χ1) is 21.8. The molecule has 0 saturated heterocycles. The van der Waals surface area contributed by atoms with Crippen LogP contribution in [0.2, 0.25) is 0 Å². The highest BCUT2D eigenvalue weighted by Crippen LogP contribution is 2.39. The minimum absolute atomic E-state index is 0.959. The summed E-state index contributed by atoms with van der Waals surface area (Å²) < 4.78 is 5.05. The van der Waals surface area contributed by atoms with Crippen LogP contribution in [0.15, 0.2) is 158 Å². The molecular formula is C41H26N2S. The van der Waals surface area contributed by atoms with Gasteiger partial charge < -0.3 is 4.57 Å². The van der Waals surface area contributed by atoms with Crippen molar-refractivity contribution in [1.29, 1.82) is 0 Å². The molecule has 3 heteroatoms. The molecule has 3 heterocycles. The molecule has 3 aromatic heterocycles. The monoisotopic (exact) mass is 578 g/mol. The van der Waals surface area contributed by atoms with Crippen LogP contribution in [0, 0.1) is 0 Å². The summed E-state index contributed by atoms with van der Waals surface area (Å²) in [5, 5.41) is 5.14. The SMILES string of the molecule is c1ccc(-c2cc(-n3c4ccccc4c4cc(-c5ccc6sc7ccccc7c6c5)ccc43)cc(-c3ccccc3)n2)cc1. The average molecular weight is 579 g/mol. The van der Waals surface area contributed by atoms with Crippen LogP contribution in [0.3, 0.4) is 0 Å². The maximum atomic E-state index is 5.13. The maximum Gasteiger partial charge on any atom is 0.0730 e. The van der Waals surface area contributed by atoms with E-state index in [1.165, 1.54) is 53.1 Å². The molecule has 0 spiro atoms. The Labute approximate surface area is 259 Å². The Balaban J connectivity index is 1.27. The Hall–Kier alpha value is -5.51. The van der Waals surface area contributed by atoms with Gasteiger partial charge in [0.05, 0.1) is 28.1 Å². The van der Waals surface area contributed by atoms with Gasteiger partial charge in [-0.25, -0.2) is 4.98 Å². The van der Waals surface area contributed by atoms with E-state index in [1.54, 1.807) is 0 Å². The molecule has 9 aromatic rings. The summed E-state index contributed by atoms with van der Waals surface area (Å²) in [5.41, 5.74) is 10.1. The molecule has 0 atom stereocenters. The second kappa shape index (κ2) is 10.0. The van der Waals surface area contributed by atoms with Crippen LogP contribution in [0.4, 0.5) is 0 Å². The summed E-state index contributed by atoms with van der Waals surface area (Å²) in [4.78, 5) is 5.13. The van der Waals surface area contributed by atoms with Gasteiger partial charge in [-0.3, -0.25) is 0 Å². The molecule has 0 aliphatic heterocycles. The number of rotatable bonds is 4. The normalized spacial score (nSPS) is 11.6. The summed E-state index contributed by atoms with van der Waals surface area (Å²) in [6.07, 6.45) is 0. The van der Waals surface area contributed by atoms with Crippen molar-refractivity contribution in [3.8, 4) is 39.3 Å². The molecule has 0 radical (unpaired) electrons. The van der Waals surface area contributed by atoms with E-state index in [4.69, 9.17) is 4.98 Å². The average Bonchev–Trinajstić information content (AvgIpc) is 3.64. The van der Waals surface area contributed by atoms with Crippen molar-refractivity contribution in [3.63, 3.8) is 0 Å². The van der Waals surface area contributed by atoms with Crippen LogP contribution in [0.1, 0.15) is 0 Å². The Morgan fingerprint density at radius 3 is 1.66 bits per heavy atom. The fraction of sp³-hybridized carbons (Fsp3) is 0. The summed E-state index contributed by atoms with van der Waals surface area (Å²) in [7, 11) is 0. The lowest BCUT2D eigenvalue weighted by molar-refractivity contribution is 1.16. The van der Waals surface area contributed by atoms with Crippen LogP contribution in [0.25, 0.3) is 81.3 Å². The van der Waals surface area contributed by atoms with Crippen molar-refractivity contribution in [2.24, 2.45) is 0 Å². The molecule has 6 aromatic carbocycles. The summed E-state index contributed by atoms with van der Waals surface area (Å²) in [5.74, 6) is 0. The van der Waals surface area contributed by atoms with Crippen molar-refractivity contribution in [1.82, 2.24) is 9.55 Å². The van der Waals surface area contributed by atoms with Gasteiger partial charge in [0.25, 0.3) is 0 Å². The smallest absolute Gasteiger partial charge is 0.0730 e. The molecule has 2 nitrogen and oxygen atoms in total. The molecule has 0 bridgehead atoms. The van der Waals surface area contributed by atoms with Gasteiger partial charge in [0, 0.05) is 42.1 Å². The fourth-order valence-corrected chi connectivity index (χ4v) is 7.58. The zero-order valence-corrected chi connectivity index (χ0v) is 24.6. The zero-order chi connectivity index (χ0) is 29.0. The number of thiophene rings is 1. The number of para-hydroxylation sites is 1. The van der Waals surface area contributed by atoms with Crippen LogP contribution >= 0.6 is 11.3 Å². The molecule has 0 amide bonds. The molecule has 206 valence electrons. The highest BCUT2D eigenvalue weighted by Gasteiger charge is 2.16. The van der Waals surface area contributed by atoms with Crippen LogP contribution < -0.4 is 0 Å². The molecule has 0 saturated carbocycles. The topological polar surface area (TPSA) is 17.8 Å². The van der Waals surface area contributed by atoms with E-state index in [0.29, 0.717) is 0 Å². The second-order valence-corrected chi connectivity index (χ2v) is 12.3. The highest BCUT2D eigenvalue weighted by molar-refractivity contribution is 7.25. The predicted molar refractivity (Wildman–Crippen MR) is 188 cm³/mol. The number of nitrogens with zero attached hydrogens (tertiary/aromatic N) is 2. The van der Waals surface area contributed by atoms with Crippen molar-refractivity contribution in [2.75, 3.05) is 0 Å². The Morgan fingerprint density at radius 1 is 0.386 bits per heavy atom. The number of hydrogen-bond donors (Lipinski definition) is 0. The number of fused-ring (bicyclic) bond motifs is 6. The Bertz CT molecular complexity index is 2430. The lowest BCUT2D eigenvalue weighted by Crippen LogP contribution is -1.98. The molecule has 0 fully saturated rings. The fourth-order valence-electron chi connectivity index (χ4n) is 6.50.